The molecule has 0 aliphatic carbocycles. The maximum atomic E-state index is 12.8. The number of hydrogen-bond acceptors (Lipinski definition) is 9. The predicted octanol–water partition coefficient (Wildman–Crippen LogP) is 6.38. The summed E-state index contributed by atoms with van der Waals surface area (Å²) in [6.45, 7) is 15.1. The van der Waals surface area contributed by atoms with Crippen LogP contribution in [0.3, 0.4) is 0 Å². The van der Waals surface area contributed by atoms with Crippen LogP contribution in [0.25, 0.3) is 0 Å². The van der Waals surface area contributed by atoms with Crippen LogP contribution in [-0.2, 0) is 29.0 Å². The van der Waals surface area contributed by atoms with Crippen molar-refractivity contribution in [3.8, 4) is 0 Å². The van der Waals surface area contributed by atoms with Gasteiger partial charge in [-0.05, 0) is 35.1 Å². The predicted molar refractivity (Wildman–Crippen MR) is 225 cm³/mol. The first-order chi connectivity index (χ1) is 28.1. The van der Waals surface area contributed by atoms with Crippen LogP contribution in [0, 0.1) is 5.92 Å². The van der Waals surface area contributed by atoms with Crippen LogP contribution in [0.4, 0.5) is 0 Å². The van der Waals surface area contributed by atoms with E-state index in [1.165, 1.54) is 11.1 Å². The molecule has 2 aliphatic rings. The normalized spacial score (nSPS) is 16.2. The van der Waals surface area contributed by atoms with Gasteiger partial charge in [0.25, 0.3) is 0 Å². The Morgan fingerprint density at radius 3 is 1.93 bits per heavy atom. The van der Waals surface area contributed by atoms with E-state index in [2.05, 4.69) is 65.3 Å². The molecule has 5 aromatic rings. The van der Waals surface area contributed by atoms with Crippen LogP contribution >= 0.6 is 0 Å². The molecule has 2 unspecified atom stereocenters. The SMILES string of the molecule is CC(C)Cc1ccc(C(C)c2cc(CN=C(N)N3CCOCC3)on2)cc1.CC(c1cccc(C(=O)c2ccccc2)c1)c1cc(CN=C(N)N2CCOCC2)no1. The molecular weight excluding hydrogens is 733 g/mol. The third kappa shape index (κ3) is 11.6. The number of guanidine groups is 2. The minimum absolute atomic E-state index is 0.000772. The zero-order chi connectivity index (χ0) is 40.9. The van der Waals surface area contributed by atoms with Crippen LogP contribution in [0.1, 0.15) is 95.1 Å². The summed E-state index contributed by atoms with van der Waals surface area (Å²) in [7, 11) is 0. The van der Waals surface area contributed by atoms with E-state index in [4.69, 9.17) is 30.0 Å². The van der Waals surface area contributed by atoms with Gasteiger partial charge in [-0.15, -0.1) is 0 Å². The molecule has 58 heavy (non-hydrogen) atoms. The average Bonchev–Trinajstić information content (AvgIpc) is 3.96. The molecule has 2 fully saturated rings. The van der Waals surface area contributed by atoms with Gasteiger partial charge in [0.15, 0.2) is 23.5 Å². The van der Waals surface area contributed by atoms with E-state index >= 15 is 0 Å². The number of rotatable bonds is 12. The van der Waals surface area contributed by atoms with Crippen LogP contribution in [-0.4, -0.2) is 90.4 Å². The second kappa shape index (κ2) is 20.6. The minimum Gasteiger partial charge on any atom is -0.378 e. The summed E-state index contributed by atoms with van der Waals surface area (Å²) in [6, 6.07) is 29.6. The van der Waals surface area contributed by atoms with Gasteiger partial charge in [-0.25, -0.2) is 9.98 Å². The molecule has 2 saturated heterocycles. The fraction of sp³-hybridized carbons (Fsp3) is 0.400. The number of ketones is 1. The number of hydrogen-bond donors (Lipinski definition) is 2. The minimum atomic E-state index is -0.0506. The van der Waals surface area contributed by atoms with E-state index in [0.29, 0.717) is 68.5 Å². The molecule has 2 atom stereocenters. The van der Waals surface area contributed by atoms with E-state index in [0.717, 1.165) is 61.1 Å². The first-order valence-corrected chi connectivity index (χ1v) is 20.1. The Morgan fingerprint density at radius 2 is 1.29 bits per heavy atom. The molecule has 0 radical (unpaired) electrons. The standard InChI is InChI=1S/C24H26N4O3.C21H30N4O2/c1-17(19-8-5-9-20(14-19)23(29)18-6-3-2-4-7-18)22-15-21(27-31-22)16-26-24(25)28-10-12-30-13-11-28;1-15(2)12-17-4-6-18(7-5-17)16(3)20-13-19(27-24-20)14-23-21(22)25-8-10-26-11-9-25/h2-9,14-15,17H,10-13,16H2,1H3,(H2,25,26);4-7,13,15-16H,8-12,14H2,1-3H3,(H2,22,23). The fourth-order valence-corrected chi connectivity index (χ4v) is 6.77. The number of carbonyl (C=O) groups is 1. The number of aliphatic imine (C=N–C) groups is 2. The van der Waals surface area contributed by atoms with Crippen molar-refractivity contribution in [1.82, 2.24) is 20.1 Å². The molecule has 7 rings (SSSR count). The van der Waals surface area contributed by atoms with Crippen LogP contribution in [0.15, 0.2) is 110 Å². The maximum absolute atomic E-state index is 12.8. The molecule has 0 saturated carbocycles. The van der Waals surface area contributed by atoms with E-state index in [9.17, 15) is 4.79 Å². The van der Waals surface area contributed by atoms with Crippen molar-refractivity contribution in [3.63, 3.8) is 0 Å². The number of nitrogens with zero attached hydrogens (tertiary/aromatic N) is 6. The lowest BCUT2D eigenvalue weighted by atomic mass is 9.94. The van der Waals surface area contributed by atoms with Crippen molar-refractivity contribution < 1.29 is 23.3 Å². The van der Waals surface area contributed by atoms with E-state index in [1.54, 1.807) is 0 Å². The van der Waals surface area contributed by atoms with Gasteiger partial charge >= 0.3 is 0 Å². The number of ether oxygens (including phenoxy) is 2. The number of carbonyl (C=O) groups excluding carboxylic acids is 1. The molecule has 0 bridgehead atoms. The molecule has 13 nitrogen and oxygen atoms in total. The number of morpholine rings is 2. The van der Waals surface area contributed by atoms with Gasteiger partial charge in [0.1, 0.15) is 18.0 Å². The van der Waals surface area contributed by atoms with Gasteiger partial charge in [-0.1, -0.05) is 111 Å². The van der Waals surface area contributed by atoms with E-state index in [-0.39, 0.29) is 17.6 Å². The highest BCUT2D eigenvalue weighted by molar-refractivity contribution is 6.09. The Kier molecular flexibility index (Phi) is 14.8. The lowest BCUT2D eigenvalue weighted by Crippen LogP contribution is -2.44. The van der Waals surface area contributed by atoms with Crippen molar-refractivity contribution in [2.24, 2.45) is 27.4 Å². The molecule has 306 valence electrons. The molecule has 2 aliphatic heterocycles. The molecule has 0 spiro atoms. The van der Waals surface area contributed by atoms with Gasteiger partial charge in [-0.3, -0.25) is 4.79 Å². The third-order valence-corrected chi connectivity index (χ3v) is 10.3. The third-order valence-electron chi connectivity index (χ3n) is 10.3. The quantitative estimate of drug-likeness (QED) is 0.0818. The zero-order valence-corrected chi connectivity index (χ0v) is 34.0. The lowest BCUT2D eigenvalue weighted by molar-refractivity contribution is 0.0673. The summed E-state index contributed by atoms with van der Waals surface area (Å²) >= 11 is 0. The van der Waals surface area contributed by atoms with Crippen molar-refractivity contribution >= 4 is 17.7 Å². The van der Waals surface area contributed by atoms with Crippen molar-refractivity contribution in [2.75, 3.05) is 52.6 Å². The lowest BCUT2D eigenvalue weighted by Gasteiger charge is -2.27. The van der Waals surface area contributed by atoms with Crippen molar-refractivity contribution in [2.45, 2.75) is 59.0 Å². The van der Waals surface area contributed by atoms with Crippen molar-refractivity contribution in [1.29, 1.82) is 0 Å². The van der Waals surface area contributed by atoms with Gasteiger partial charge in [-0.2, -0.15) is 0 Å². The summed E-state index contributed by atoms with van der Waals surface area (Å²) in [6.07, 6.45) is 1.10. The Morgan fingerprint density at radius 1 is 0.672 bits per heavy atom. The molecule has 3 aromatic carbocycles. The Hall–Kier alpha value is -5.79. The molecule has 13 heteroatoms. The van der Waals surface area contributed by atoms with Gasteiger partial charge in [0.2, 0.25) is 0 Å². The van der Waals surface area contributed by atoms with Gasteiger partial charge in [0.05, 0.1) is 38.7 Å². The second-order valence-electron chi connectivity index (χ2n) is 15.1. The van der Waals surface area contributed by atoms with Crippen LogP contribution < -0.4 is 11.5 Å². The van der Waals surface area contributed by atoms with Gasteiger partial charge in [0, 0.05) is 61.3 Å². The van der Waals surface area contributed by atoms with Crippen molar-refractivity contribution in [3.05, 3.63) is 142 Å². The first-order valence-electron chi connectivity index (χ1n) is 20.1. The summed E-state index contributed by atoms with van der Waals surface area (Å²) < 4.78 is 21.7. The second-order valence-corrected chi connectivity index (χ2v) is 15.1. The molecule has 4 N–H and O–H groups in total. The van der Waals surface area contributed by atoms with E-state index < -0.39 is 0 Å². The number of nitrogens with two attached hydrogens (primary N) is 2. The summed E-state index contributed by atoms with van der Waals surface area (Å²) in [5.41, 5.74) is 18.7. The highest BCUT2D eigenvalue weighted by Gasteiger charge is 2.19. The summed E-state index contributed by atoms with van der Waals surface area (Å²) in [5, 5.41) is 8.37. The molecule has 4 heterocycles. The largest absolute Gasteiger partial charge is 0.378 e. The highest BCUT2D eigenvalue weighted by atomic mass is 16.5. The summed E-state index contributed by atoms with van der Waals surface area (Å²) in [4.78, 5) is 25.7. The monoisotopic (exact) mass is 788 g/mol. The number of benzene rings is 3. The molecule has 2 aromatic heterocycles. The number of aromatic nitrogens is 2. The molecule has 0 amide bonds. The van der Waals surface area contributed by atoms with E-state index in [1.807, 2.05) is 83.5 Å². The fourth-order valence-electron chi connectivity index (χ4n) is 6.77. The average molecular weight is 789 g/mol. The first kappa shape index (κ1) is 41.8. The topological polar surface area (TPSA) is 171 Å². The van der Waals surface area contributed by atoms with Gasteiger partial charge < -0.3 is 39.8 Å². The molecular formula is C45H56N8O5. The van der Waals surface area contributed by atoms with Crippen LogP contribution in [0.5, 0.6) is 0 Å². The highest BCUT2D eigenvalue weighted by Crippen LogP contribution is 2.27. The summed E-state index contributed by atoms with van der Waals surface area (Å²) in [5.74, 6) is 3.26. The Bertz CT molecular complexity index is 2100. The maximum Gasteiger partial charge on any atom is 0.193 e. The Balaban J connectivity index is 0.000000198. The Labute approximate surface area is 341 Å². The van der Waals surface area contributed by atoms with Crippen LogP contribution in [0.2, 0.25) is 0 Å². The smallest absolute Gasteiger partial charge is 0.193 e. The zero-order valence-electron chi connectivity index (χ0n) is 34.0.